The normalized spacial score (nSPS) is 18.4. The molecule has 3 fully saturated rings. The molecule has 3 aliphatic heterocycles. The third kappa shape index (κ3) is 24.2. The second-order valence-corrected chi connectivity index (χ2v) is 4.74. The summed E-state index contributed by atoms with van der Waals surface area (Å²) in [6.45, 7) is 6.00. The van der Waals surface area contributed by atoms with Crippen molar-refractivity contribution in [2.75, 3.05) is 39.6 Å². The number of hydrogen-bond acceptors (Lipinski definition) is 5. The van der Waals surface area contributed by atoms with Gasteiger partial charge >= 0.3 is 32.3 Å². The first-order chi connectivity index (χ1) is 8.91. The molecule has 0 aliphatic carbocycles. The van der Waals surface area contributed by atoms with Gasteiger partial charge in [-0.3, -0.25) is 0 Å². The molecule has 5 nitrogen and oxygen atoms in total. The monoisotopic (exact) mass is 558 g/mol. The van der Waals surface area contributed by atoms with Crippen molar-refractivity contribution in [3.8, 4) is 0 Å². The zero-order valence-corrected chi connectivity index (χ0v) is 17.6. The van der Waals surface area contributed by atoms with Gasteiger partial charge in [-0.25, -0.2) is 0 Å². The molecule has 0 spiro atoms. The van der Waals surface area contributed by atoms with Gasteiger partial charge in [-0.15, -0.1) is 24.8 Å². The predicted octanol–water partition coefficient (Wildman–Crippen LogP) is 3.00. The number of halogens is 2. The van der Waals surface area contributed by atoms with Crippen molar-refractivity contribution in [1.29, 1.82) is 0 Å². The van der Waals surface area contributed by atoms with Crippen LogP contribution in [0.3, 0.4) is 0 Å². The van der Waals surface area contributed by atoms with Crippen LogP contribution in [0.5, 0.6) is 0 Å². The van der Waals surface area contributed by atoms with Crippen LogP contribution in [0.2, 0.25) is 0 Å². The fraction of sp³-hybridized carbons (Fsp3) is 1.00. The minimum atomic E-state index is -2.51. The van der Waals surface area contributed by atoms with Crippen LogP contribution >= 0.6 is 24.8 Å². The Morgan fingerprint density at radius 1 is 0.500 bits per heavy atom. The van der Waals surface area contributed by atoms with Crippen molar-refractivity contribution in [3.05, 3.63) is 0 Å². The van der Waals surface area contributed by atoms with Crippen molar-refractivity contribution in [2.24, 2.45) is 0 Å². The van der Waals surface area contributed by atoms with Crippen molar-refractivity contribution in [3.63, 3.8) is 0 Å². The van der Waals surface area contributed by atoms with Gasteiger partial charge in [0.2, 0.25) is 0 Å². The Hall–Kier alpha value is 1.11. The average molecular weight is 559 g/mol. The first kappa shape index (κ1) is 26.0. The van der Waals surface area contributed by atoms with E-state index in [1.807, 2.05) is 0 Å². The fourth-order valence-corrected chi connectivity index (χ4v) is 1.53. The molecule has 0 atom stereocenters. The van der Waals surface area contributed by atoms with E-state index in [0.29, 0.717) is 0 Å². The molecular formula is C12H26Cl2O5U. The van der Waals surface area contributed by atoms with E-state index >= 15 is 0 Å². The number of rotatable bonds is 0. The van der Waals surface area contributed by atoms with Crippen LogP contribution in [0.25, 0.3) is 0 Å². The Labute approximate surface area is 148 Å². The van der Waals surface area contributed by atoms with Crippen molar-refractivity contribution in [1.82, 2.24) is 0 Å². The molecule has 0 aromatic carbocycles. The van der Waals surface area contributed by atoms with Crippen LogP contribution in [-0.2, 0) is 18.7 Å². The third-order valence-corrected chi connectivity index (χ3v) is 2.48. The molecule has 0 aromatic rings. The van der Waals surface area contributed by atoms with Crippen LogP contribution in [0.4, 0.5) is 0 Å². The third-order valence-electron chi connectivity index (χ3n) is 2.48. The van der Waals surface area contributed by atoms with E-state index in [1.165, 1.54) is 38.5 Å². The van der Waals surface area contributed by atoms with Crippen molar-refractivity contribution in [2.45, 2.75) is 38.5 Å². The summed E-state index contributed by atoms with van der Waals surface area (Å²) in [5.74, 6) is 0. The van der Waals surface area contributed by atoms with Gasteiger partial charge in [0.1, 0.15) is 0 Å². The summed E-state index contributed by atoms with van der Waals surface area (Å²) in [6.07, 6.45) is 7.67. The molecule has 0 radical (unpaired) electrons. The molecule has 20 heavy (non-hydrogen) atoms. The molecule has 3 rings (SSSR count). The summed E-state index contributed by atoms with van der Waals surface area (Å²) in [5, 5.41) is 0. The summed E-state index contributed by atoms with van der Waals surface area (Å²) in [5.41, 5.74) is 0. The molecule has 0 amide bonds. The molecule has 0 saturated carbocycles. The van der Waals surface area contributed by atoms with E-state index in [1.54, 1.807) is 0 Å². The minimum absolute atomic E-state index is 0. The summed E-state index contributed by atoms with van der Waals surface area (Å²) in [4.78, 5) is 0. The number of ether oxygens (including phenoxy) is 3. The number of hydrogen-bond donors (Lipinski definition) is 0. The van der Waals surface area contributed by atoms with E-state index in [9.17, 15) is 0 Å². The molecule has 3 saturated heterocycles. The van der Waals surface area contributed by atoms with Gasteiger partial charge in [-0.05, 0) is 38.5 Å². The summed E-state index contributed by atoms with van der Waals surface area (Å²) >= 11 is -2.51. The Bertz CT molecular complexity index is 146. The standard InChI is InChI=1S/3C4H8O.2ClH.2O.U/c3*1-2-4-5-3-1;;;;;/h3*1-4H2;2*1H;;;. The van der Waals surface area contributed by atoms with Gasteiger partial charge in [0.05, 0.1) is 0 Å². The van der Waals surface area contributed by atoms with E-state index in [0.717, 1.165) is 39.6 Å². The molecule has 0 aromatic heterocycles. The SMILES string of the molecule is C1CCOC1.C1CCOC1.C1CCOC1.Cl.Cl.[O]=[U]=[O]. The van der Waals surface area contributed by atoms with Gasteiger partial charge in [0.15, 0.2) is 0 Å². The quantitative estimate of drug-likeness (QED) is 0.457. The summed E-state index contributed by atoms with van der Waals surface area (Å²) in [6, 6.07) is 0. The Kier molecular flexibility index (Phi) is 32.7. The van der Waals surface area contributed by atoms with Crippen LogP contribution in [-0.4, -0.2) is 39.6 Å². The molecule has 8 heteroatoms. The Morgan fingerprint density at radius 3 is 0.700 bits per heavy atom. The molecule has 122 valence electrons. The van der Waals surface area contributed by atoms with Crippen LogP contribution in [0.15, 0.2) is 0 Å². The van der Waals surface area contributed by atoms with Gasteiger partial charge in [0.25, 0.3) is 0 Å². The molecule has 0 N–H and O–H groups in total. The van der Waals surface area contributed by atoms with Crippen LogP contribution < -0.4 is 0 Å². The second kappa shape index (κ2) is 25.1. The maximum atomic E-state index is 8.58. The van der Waals surface area contributed by atoms with Crippen molar-refractivity contribution < 1.29 is 46.5 Å². The first-order valence-electron chi connectivity index (χ1n) is 6.64. The Morgan fingerprint density at radius 2 is 0.650 bits per heavy atom. The second-order valence-electron chi connectivity index (χ2n) is 4.04. The Balaban J connectivity index is -0.000000190. The molecule has 0 unspecified atom stereocenters. The molecule has 3 heterocycles. The molecule has 0 bridgehead atoms. The van der Waals surface area contributed by atoms with Crippen molar-refractivity contribution >= 4 is 24.8 Å². The van der Waals surface area contributed by atoms with Gasteiger partial charge < -0.3 is 14.2 Å². The average Bonchev–Trinajstić information content (AvgIpc) is 3.19. The van der Waals surface area contributed by atoms with Gasteiger partial charge in [-0.1, -0.05) is 0 Å². The topological polar surface area (TPSA) is 61.8 Å². The van der Waals surface area contributed by atoms with Gasteiger partial charge in [-0.2, -0.15) is 0 Å². The van der Waals surface area contributed by atoms with E-state index in [-0.39, 0.29) is 24.8 Å². The maximum absolute atomic E-state index is 8.58. The van der Waals surface area contributed by atoms with Gasteiger partial charge in [0, 0.05) is 39.6 Å². The van der Waals surface area contributed by atoms with Crippen LogP contribution in [0, 0.1) is 27.8 Å². The zero-order valence-electron chi connectivity index (χ0n) is 11.8. The summed E-state index contributed by atoms with van der Waals surface area (Å²) < 4.78 is 32.0. The summed E-state index contributed by atoms with van der Waals surface area (Å²) in [7, 11) is 0. The first-order valence-corrected chi connectivity index (χ1v) is 10.0. The zero-order chi connectivity index (χ0) is 13.3. The fourth-order valence-electron chi connectivity index (χ4n) is 1.53. The van der Waals surface area contributed by atoms with E-state index in [4.69, 9.17) is 18.7 Å². The molecular weight excluding hydrogens is 533 g/mol. The molecule has 3 aliphatic rings. The predicted molar refractivity (Wildman–Crippen MR) is 76.0 cm³/mol. The van der Waals surface area contributed by atoms with E-state index < -0.39 is 27.8 Å². The van der Waals surface area contributed by atoms with E-state index in [2.05, 4.69) is 0 Å². The van der Waals surface area contributed by atoms with Crippen LogP contribution in [0.1, 0.15) is 38.5 Å².